The molecule has 0 aliphatic rings. The molecular weight excluding hydrogens is 405 g/mol. The molecule has 5 nitrogen and oxygen atoms in total. The van der Waals surface area contributed by atoms with Crippen molar-refractivity contribution in [1.29, 1.82) is 0 Å². The first-order valence-electron chi connectivity index (χ1n) is 9.58. The van der Waals surface area contributed by atoms with E-state index in [1.807, 2.05) is 36.6 Å². The third kappa shape index (κ3) is 5.24. The predicted octanol–water partition coefficient (Wildman–Crippen LogP) is 5.31. The van der Waals surface area contributed by atoms with Crippen LogP contribution >= 0.6 is 11.3 Å². The Morgan fingerprint density at radius 1 is 1.00 bits per heavy atom. The second kappa shape index (κ2) is 10.0. The third-order valence-electron chi connectivity index (χ3n) is 4.28. The first kappa shape index (κ1) is 21.5. The quantitative estimate of drug-likeness (QED) is 0.495. The van der Waals surface area contributed by atoms with E-state index >= 15 is 0 Å². The Labute approximate surface area is 178 Å². The van der Waals surface area contributed by atoms with Crippen LogP contribution in [0.25, 0.3) is 11.1 Å². The van der Waals surface area contributed by atoms with Crippen LogP contribution in [0.1, 0.15) is 29.8 Å². The minimum Gasteiger partial charge on any atom is -0.494 e. The number of carbonyl (C=O) groups is 2. The molecule has 156 valence electrons. The summed E-state index contributed by atoms with van der Waals surface area (Å²) in [7, 11) is 0. The van der Waals surface area contributed by atoms with E-state index in [4.69, 9.17) is 9.47 Å². The number of hydrogen-bond acceptors (Lipinski definition) is 5. The maximum Gasteiger partial charge on any atom is 0.341 e. The SMILES string of the molecule is CCOC(=O)c1c(-c2ccc(OCC)cc2)csc1NC(=O)Cc1ccc(F)cc1. The van der Waals surface area contributed by atoms with Crippen LogP contribution in [0.2, 0.25) is 0 Å². The molecule has 3 rings (SSSR count). The van der Waals surface area contributed by atoms with Gasteiger partial charge in [-0.25, -0.2) is 9.18 Å². The summed E-state index contributed by atoms with van der Waals surface area (Å²) in [6, 6.07) is 13.1. The molecule has 2 aromatic carbocycles. The molecule has 0 aliphatic carbocycles. The summed E-state index contributed by atoms with van der Waals surface area (Å²) in [5.74, 6) is -0.420. The summed E-state index contributed by atoms with van der Waals surface area (Å²) in [4.78, 5) is 25.1. The average Bonchev–Trinajstić information content (AvgIpc) is 3.14. The number of thiophene rings is 1. The van der Waals surface area contributed by atoms with Crippen LogP contribution in [0, 0.1) is 5.82 Å². The summed E-state index contributed by atoms with van der Waals surface area (Å²) < 4.78 is 23.7. The highest BCUT2D eigenvalue weighted by Gasteiger charge is 2.23. The second-order valence-electron chi connectivity index (χ2n) is 6.38. The fraction of sp³-hybridized carbons (Fsp3) is 0.217. The highest BCUT2D eigenvalue weighted by molar-refractivity contribution is 7.15. The van der Waals surface area contributed by atoms with Crippen molar-refractivity contribution in [3.05, 3.63) is 70.9 Å². The molecule has 3 aromatic rings. The van der Waals surface area contributed by atoms with Gasteiger partial charge in [-0.05, 0) is 49.2 Å². The number of halogens is 1. The van der Waals surface area contributed by atoms with Crippen molar-refractivity contribution in [2.24, 2.45) is 0 Å². The lowest BCUT2D eigenvalue weighted by atomic mass is 10.0. The van der Waals surface area contributed by atoms with Gasteiger partial charge in [0.15, 0.2) is 0 Å². The van der Waals surface area contributed by atoms with E-state index in [0.717, 1.165) is 11.3 Å². The molecule has 0 spiro atoms. The number of esters is 1. The molecule has 0 bridgehead atoms. The first-order valence-corrected chi connectivity index (χ1v) is 10.5. The van der Waals surface area contributed by atoms with E-state index in [1.54, 1.807) is 19.1 Å². The molecule has 0 fully saturated rings. The van der Waals surface area contributed by atoms with E-state index < -0.39 is 5.97 Å². The van der Waals surface area contributed by atoms with E-state index in [0.29, 0.717) is 28.3 Å². The van der Waals surface area contributed by atoms with Crippen LogP contribution in [0.15, 0.2) is 53.9 Å². The Bertz CT molecular complexity index is 1010. The molecule has 1 aromatic heterocycles. The van der Waals surface area contributed by atoms with Crippen molar-refractivity contribution in [2.45, 2.75) is 20.3 Å². The second-order valence-corrected chi connectivity index (χ2v) is 7.26. The van der Waals surface area contributed by atoms with E-state index in [9.17, 15) is 14.0 Å². The van der Waals surface area contributed by atoms with Crippen molar-refractivity contribution in [2.75, 3.05) is 18.5 Å². The molecule has 1 amide bonds. The molecular formula is C23H22FNO4S. The topological polar surface area (TPSA) is 64.6 Å². The zero-order chi connectivity index (χ0) is 21.5. The minimum absolute atomic E-state index is 0.0683. The normalized spacial score (nSPS) is 10.5. The van der Waals surface area contributed by atoms with Gasteiger partial charge in [-0.1, -0.05) is 24.3 Å². The van der Waals surface area contributed by atoms with Gasteiger partial charge in [0.1, 0.15) is 22.1 Å². The highest BCUT2D eigenvalue weighted by Crippen LogP contribution is 2.37. The monoisotopic (exact) mass is 427 g/mol. The van der Waals surface area contributed by atoms with Gasteiger partial charge < -0.3 is 14.8 Å². The van der Waals surface area contributed by atoms with Crippen LogP contribution < -0.4 is 10.1 Å². The molecule has 0 aliphatic heterocycles. The molecule has 0 saturated carbocycles. The van der Waals surface area contributed by atoms with Crippen LogP contribution in [-0.2, 0) is 16.0 Å². The largest absolute Gasteiger partial charge is 0.494 e. The molecule has 1 heterocycles. The van der Waals surface area contributed by atoms with E-state index in [1.165, 1.54) is 23.5 Å². The van der Waals surface area contributed by atoms with Crippen molar-refractivity contribution >= 4 is 28.2 Å². The van der Waals surface area contributed by atoms with Crippen LogP contribution in [0.4, 0.5) is 9.39 Å². The number of carbonyl (C=O) groups excluding carboxylic acids is 2. The third-order valence-corrected chi connectivity index (χ3v) is 5.17. The zero-order valence-electron chi connectivity index (χ0n) is 16.7. The van der Waals surface area contributed by atoms with Gasteiger partial charge in [0.05, 0.1) is 19.6 Å². The van der Waals surface area contributed by atoms with Crippen molar-refractivity contribution in [3.63, 3.8) is 0 Å². The summed E-state index contributed by atoms with van der Waals surface area (Å²) >= 11 is 1.26. The van der Waals surface area contributed by atoms with Gasteiger partial charge in [-0.2, -0.15) is 0 Å². The molecule has 0 radical (unpaired) electrons. The standard InChI is InChI=1S/C23H22FNO4S/c1-3-28-18-11-7-16(8-12-18)19-14-30-22(21(19)23(27)29-4-2)25-20(26)13-15-5-9-17(24)10-6-15/h5-12,14H,3-4,13H2,1-2H3,(H,25,26). The molecule has 1 N–H and O–H groups in total. The fourth-order valence-corrected chi connectivity index (χ4v) is 3.90. The minimum atomic E-state index is -0.500. The van der Waals surface area contributed by atoms with Gasteiger partial charge >= 0.3 is 5.97 Å². The van der Waals surface area contributed by atoms with Crippen LogP contribution in [0.3, 0.4) is 0 Å². The van der Waals surface area contributed by atoms with E-state index in [-0.39, 0.29) is 24.8 Å². The fourth-order valence-electron chi connectivity index (χ4n) is 2.92. The summed E-state index contributed by atoms with van der Waals surface area (Å²) in [5.41, 5.74) is 2.49. The average molecular weight is 427 g/mol. The molecule has 0 unspecified atom stereocenters. The van der Waals surface area contributed by atoms with Crippen molar-refractivity contribution < 1.29 is 23.5 Å². The summed E-state index contributed by atoms with van der Waals surface area (Å²) in [6.45, 7) is 4.43. The maximum atomic E-state index is 13.1. The van der Waals surface area contributed by atoms with E-state index in [2.05, 4.69) is 5.32 Å². The molecule has 0 saturated heterocycles. The smallest absolute Gasteiger partial charge is 0.341 e. The number of rotatable bonds is 8. The van der Waals surface area contributed by atoms with Gasteiger partial charge in [0.2, 0.25) is 5.91 Å². The lowest BCUT2D eigenvalue weighted by Crippen LogP contribution is -2.16. The highest BCUT2D eigenvalue weighted by atomic mass is 32.1. The summed E-state index contributed by atoms with van der Waals surface area (Å²) in [6.07, 6.45) is 0.0683. The van der Waals surface area contributed by atoms with Gasteiger partial charge in [0, 0.05) is 10.9 Å². The number of nitrogens with one attached hydrogen (secondary N) is 1. The number of hydrogen-bond donors (Lipinski definition) is 1. The Kier molecular flexibility index (Phi) is 7.19. The van der Waals surface area contributed by atoms with Crippen LogP contribution in [0.5, 0.6) is 5.75 Å². The lowest BCUT2D eigenvalue weighted by molar-refractivity contribution is -0.115. The zero-order valence-corrected chi connectivity index (χ0v) is 17.6. The Balaban J connectivity index is 1.85. The van der Waals surface area contributed by atoms with Crippen molar-refractivity contribution in [1.82, 2.24) is 0 Å². The number of amides is 1. The lowest BCUT2D eigenvalue weighted by Gasteiger charge is -2.09. The Hall–Kier alpha value is -3.19. The predicted molar refractivity (Wildman–Crippen MR) is 116 cm³/mol. The molecule has 7 heteroatoms. The summed E-state index contributed by atoms with van der Waals surface area (Å²) in [5, 5.41) is 5.03. The number of ether oxygens (including phenoxy) is 2. The molecule has 30 heavy (non-hydrogen) atoms. The van der Waals surface area contributed by atoms with Gasteiger partial charge in [0.25, 0.3) is 0 Å². The van der Waals surface area contributed by atoms with Crippen molar-refractivity contribution in [3.8, 4) is 16.9 Å². The number of benzene rings is 2. The number of anilines is 1. The maximum absolute atomic E-state index is 13.1. The van der Waals surface area contributed by atoms with Gasteiger partial charge in [-0.15, -0.1) is 11.3 Å². The first-order chi connectivity index (χ1) is 14.5. The molecule has 0 atom stereocenters. The van der Waals surface area contributed by atoms with Crippen LogP contribution in [-0.4, -0.2) is 25.1 Å². The Morgan fingerprint density at radius 3 is 2.33 bits per heavy atom. The Morgan fingerprint density at radius 2 is 1.70 bits per heavy atom. The van der Waals surface area contributed by atoms with Gasteiger partial charge in [-0.3, -0.25) is 4.79 Å².